The Labute approximate surface area is 155 Å². The molecule has 1 nitrogen and oxygen atoms in total. The van der Waals surface area contributed by atoms with Crippen molar-refractivity contribution in [2.75, 3.05) is 32.3 Å². The maximum Gasteiger partial charge on any atom is 0.125 e. The molecule has 0 atom stereocenters. The maximum absolute atomic E-state index is 2.39. The van der Waals surface area contributed by atoms with Crippen molar-refractivity contribution in [1.29, 1.82) is 0 Å². The van der Waals surface area contributed by atoms with Crippen molar-refractivity contribution in [3.63, 3.8) is 0 Å². The molecule has 0 aliphatic carbocycles. The Morgan fingerprint density at radius 2 is 1.42 bits per heavy atom. The molecule has 0 aromatic heterocycles. The molecule has 0 aliphatic rings. The van der Waals surface area contributed by atoms with E-state index in [-0.39, 0.29) is 0 Å². The van der Waals surface area contributed by atoms with Crippen LogP contribution in [0.2, 0.25) is 0 Å². The van der Waals surface area contributed by atoms with Gasteiger partial charge in [0.1, 0.15) is 5.88 Å². The summed E-state index contributed by atoms with van der Waals surface area (Å²) < 4.78 is 1.17. The van der Waals surface area contributed by atoms with Crippen LogP contribution < -0.4 is 0 Å². The van der Waals surface area contributed by atoms with Crippen LogP contribution in [0, 0.1) is 0 Å². The smallest absolute Gasteiger partial charge is 0.125 e. The Balaban J connectivity index is 1.95. The van der Waals surface area contributed by atoms with Gasteiger partial charge in [-0.2, -0.15) is 0 Å². The van der Waals surface area contributed by atoms with E-state index in [1.165, 1.54) is 92.4 Å². The number of rotatable bonds is 15. The fourth-order valence-electron chi connectivity index (χ4n) is 3.07. The molecule has 0 heterocycles. The molecule has 0 saturated heterocycles. The molecule has 0 aliphatic heterocycles. The van der Waals surface area contributed by atoms with Crippen molar-refractivity contribution in [2.24, 2.45) is 0 Å². The van der Waals surface area contributed by atoms with E-state index in [9.17, 15) is 0 Å². The first-order valence-corrected chi connectivity index (χ1v) is 11.2. The third kappa shape index (κ3) is 12.0. The summed E-state index contributed by atoms with van der Waals surface area (Å²) in [5.41, 5.74) is 1.48. The zero-order valence-corrected chi connectivity index (χ0v) is 17.3. The lowest BCUT2D eigenvalue weighted by atomic mass is 10.1. The van der Waals surface area contributed by atoms with Gasteiger partial charge in [-0.3, -0.25) is 0 Å². The number of quaternary nitrogens is 1. The quantitative estimate of drug-likeness (QED) is 0.197. The van der Waals surface area contributed by atoms with E-state index in [4.69, 9.17) is 0 Å². The van der Waals surface area contributed by atoms with Gasteiger partial charge in [0.05, 0.1) is 20.6 Å². The van der Waals surface area contributed by atoms with E-state index < -0.39 is 0 Å². The van der Waals surface area contributed by atoms with Gasteiger partial charge in [-0.25, -0.2) is 0 Å². The third-order valence-corrected chi connectivity index (χ3v) is 6.11. The van der Waals surface area contributed by atoms with Crippen LogP contribution in [-0.2, 0) is 6.42 Å². The molecule has 1 rings (SSSR count). The fourth-order valence-corrected chi connectivity index (χ4v) is 4.17. The van der Waals surface area contributed by atoms with Gasteiger partial charge in [0.15, 0.2) is 0 Å². The third-order valence-electron chi connectivity index (χ3n) is 4.65. The molecular formula is C22H40NS+. The number of benzene rings is 1. The number of unbranched alkanes of at least 4 members (excludes halogenated alkanes) is 7. The van der Waals surface area contributed by atoms with E-state index in [1.54, 1.807) is 0 Å². The molecule has 24 heavy (non-hydrogen) atoms. The average Bonchev–Trinajstić information content (AvgIpc) is 2.58. The molecular weight excluding hydrogens is 310 g/mol. The summed E-state index contributed by atoms with van der Waals surface area (Å²) in [7, 11) is 4.79. The first-order chi connectivity index (χ1) is 11.6. The molecule has 138 valence electrons. The zero-order chi connectivity index (χ0) is 17.5. The van der Waals surface area contributed by atoms with Gasteiger partial charge in [0.2, 0.25) is 0 Å². The minimum absolute atomic E-state index is 1.17. The summed E-state index contributed by atoms with van der Waals surface area (Å²) in [5.74, 6) is 2.54. The van der Waals surface area contributed by atoms with E-state index in [2.05, 4.69) is 63.1 Å². The van der Waals surface area contributed by atoms with Crippen LogP contribution in [0.25, 0.3) is 0 Å². The Bertz CT molecular complexity index is 388. The second kappa shape index (κ2) is 13.8. The molecule has 0 fully saturated rings. The molecule has 0 unspecified atom stereocenters. The van der Waals surface area contributed by atoms with Crippen LogP contribution in [0.3, 0.4) is 0 Å². The Morgan fingerprint density at radius 3 is 2.08 bits per heavy atom. The topological polar surface area (TPSA) is 0 Å². The van der Waals surface area contributed by atoms with Crippen molar-refractivity contribution in [1.82, 2.24) is 0 Å². The van der Waals surface area contributed by atoms with Gasteiger partial charge in [-0.05, 0) is 37.0 Å². The standard InChI is InChI=1S/C22H40NS/c1-4-5-6-7-8-9-10-14-19-23(2,3)21-24-20-15-18-22-16-12-11-13-17-22/h11-13,16-17H,4-10,14-15,18-21H2,1-3H3/q+1. The molecule has 2 heteroatoms. The SMILES string of the molecule is CCCCCCCCCC[N+](C)(C)CSCCCc1ccccc1. The van der Waals surface area contributed by atoms with E-state index in [0.717, 1.165) is 0 Å². The lowest BCUT2D eigenvalue weighted by Crippen LogP contribution is -2.40. The van der Waals surface area contributed by atoms with Crippen LogP contribution >= 0.6 is 11.8 Å². The molecule has 1 aromatic rings. The largest absolute Gasteiger partial charge is 0.320 e. The molecule has 0 bridgehead atoms. The molecule has 0 saturated carbocycles. The minimum atomic E-state index is 1.17. The fraction of sp³-hybridized carbons (Fsp3) is 0.727. The van der Waals surface area contributed by atoms with Gasteiger partial charge in [0.25, 0.3) is 0 Å². The minimum Gasteiger partial charge on any atom is -0.320 e. The average molecular weight is 351 g/mol. The van der Waals surface area contributed by atoms with Gasteiger partial charge < -0.3 is 4.48 Å². The highest BCUT2D eigenvalue weighted by Gasteiger charge is 2.13. The Kier molecular flexibility index (Phi) is 12.4. The normalized spacial score (nSPS) is 11.8. The molecule has 0 spiro atoms. The van der Waals surface area contributed by atoms with Crippen LogP contribution in [0.15, 0.2) is 30.3 Å². The van der Waals surface area contributed by atoms with Crippen molar-refractivity contribution < 1.29 is 4.48 Å². The van der Waals surface area contributed by atoms with Gasteiger partial charge in [0, 0.05) is 0 Å². The highest BCUT2D eigenvalue weighted by Crippen LogP contribution is 2.15. The summed E-state index contributed by atoms with van der Waals surface area (Å²) in [6.07, 6.45) is 13.9. The summed E-state index contributed by atoms with van der Waals surface area (Å²) >= 11 is 2.13. The number of nitrogens with zero attached hydrogens (tertiary/aromatic N) is 1. The lowest BCUT2D eigenvalue weighted by Gasteiger charge is -2.29. The first-order valence-electron chi connectivity index (χ1n) is 10.1. The molecule has 0 radical (unpaired) electrons. The second-order valence-corrected chi connectivity index (χ2v) is 8.84. The summed E-state index contributed by atoms with van der Waals surface area (Å²) in [6.45, 7) is 3.63. The maximum atomic E-state index is 2.39. The highest BCUT2D eigenvalue weighted by atomic mass is 32.2. The number of aryl methyl sites for hydroxylation is 1. The van der Waals surface area contributed by atoms with Crippen molar-refractivity contribution >= 4 is 11.8 Å². The number of hydrogen-bond donors (Lipinski definition) is 0. The van der Waals surface area contributed by atoms with Gasteiger partial charge in [-0.1, -0.05) is 75.8 Å². The van der Waals surface area contributed by atoms with Crippen molar-refractivity contribution in [2.45, 2.75) is 71.1 Å². The summed E-state index contributed by atoms with van der Waals surface area (Å²) in [5, 5.41) is 0. The van der Waals surface area contributed by atoms with E-state index >= 15 is 0 Å². The highest BCUT2D eigenvalue weighted by molar-refractivity contribution is 7.99. The predicted molar refractivity (Wildman–Crippen MR) is 112 cm³/mol. The van der Waals surface area contributed by atoms with Crippen LogP contribution in [0.4, 0.5) is 0 Å². The zero-order valence-electron chi connectivity index (χ0n) is 16.4. The van der Waals surface area contributed by atoms with Gasteiger partial charge >= 0.3 is 0 Å². The molecule has 0 amide bonds. The van der Waals surface area contributed by atoms with E-state index in [1.807, 2.05) is 0 Å². The summed E-state index contributed by atoms with van der Waals surface area (Å²) in [6, 6.07) is 10.9. The number of thioether (sulfide) groups is 1. The number of hydrogen-bond acceptors (Lipinski definition) is 1. The lowest BCUT2D eigenvalue weighted by molar-refractivity contribution is -0.877. The van der Waals surface area contributed by atoms with Crippen LogP contribution in [0.5, 0.6) is 0 Å². The van der Waals surface area contributed by atoms with Gasteiger partial charge in [-0.15, -0.1) is 11.8 Å². The predicted octanol–water partition coefficient (Wildman–Crippen LogP) is 6.53. The van der Waals surface area contributed by atoms with Crippen LogP contribution in [-0.4, -0.2) is 36.8 Å². The van der Waals surface area contributed by atoms with Crippen molar-refractivity contribution in [3.8, 4) is 0 Å². The van der Waals surface area contributed by atoms with Crippen molar-refractivity contribution in [3.05, 3.63) is 35.9 Å². The van der Waals surface area contributed by atoms with Crippen LogP contribution in [0.1, 0.15) is 70.3 Å². The Morgan fingerprint density at radius 1 is 0.792 bits per heavy atom. The summed E-state index contributed by atoms with van der Waals surface area (Å²) in [4.78, 5) is 0. The Hall–Kier alpha value is -0.470. The first kappa shape index (κ1) is 21.6. The van der Waals surface area contributed by atoms with E-state index in [0.29, 0.717) is 0 Å². The second-order valence-electron chi connectivity index (χ2n) is 7.76. The monoisotopic (exact) mass is 350 g/mol. The molecule has 1 aromatic carbocycles. The molecule has 0 N–H and O–H groups in total.